The third-order valence-corrected chi connectivity index (χ3v) is 7.26. The number of carbonyl (C=O) groups is 2. The zero-order chi connectivity index (χ0) is 26.2. The number of nitrogens with one attached hydrogen (secondary N) is 3. The van der Waals surface area contributed by atoms with Crippen LogP contribution in [0.25, 0.3) is 55.3 Å². The zero-order valence-corrected chi connectivity index (χ0v) is 21.4. The lowest BCUT2D eigenvalue weighted by Gasteiger charge is -2.06. The number of amides is 1. The molecule has 0 aromatic carbocycles. The van der Waals surface area contributed by atoms with Gasteiger partial charge in [-0.15, -0.1) is 11.3 Å². The molecule has 0 bridgehead atoms. The summed E-state index contributed by atoms with van der Waals surface area (Å²) in [7, 11) is 0. The van der Waals surface area contributed by atoms with Crippen molar-refractivity contribution in [2.75, 3.05) is 5.32 Å². The molecule has 0 atom stereocenters. The molecule has 11 heteroatoms. The van der Waals surface area contributed by atoms with Crippen molar-refractivity contribution in [1.29, 1.82) is 0 Å². The number of anilines is 1. The number of fused-ring (bicyclic) bond motifs is 2. The van der Waals surface area contributed by atoms with Crippen molar-refractivity contribution in [2.45, 2.75) is 26.7 Å². The minimum atomic E-state index is -0.0502. The van der Waals surface area contributed by atoms with Crippen molar-refractivity contribution in [3.05, 3.63) is 60.0 Å². The van der Waals surface area contributed by atoms with Crippen LogP contribution < -0.4 is 5.32 Å². The molecule has 188 valence electrons. The molecule has 0 saturated heterocycles. The summed E-state index contributed by atoms with van der Waals surface area (Å²) in [6.07, 6.45) is 8.01. The Labute approximate surface area is 220 Å². The molecular formula is C27H22N8O2S. The van der Waals surface area contributed by atoms with Gasteiger partial charge >= 0.3 is 0 Å². The van der Waals surface area contributed by atoms with Gasteiger partial charge in [0, 0.05) is 34.8 Å². The summed E-state index contributed by atoms with van der Waals surface area (Å²) < 4.78 is 0. The molecule has 6 aromatic heterocycles. The number of ketones is 1. The van der Waals surface area contributed by atoms with Crippen molar-refractivity contribution in [3.8, 4) is 33.2 Å². The first kappa shape index (κ1) is 23.6. The van der Waals surface area contributed by atoms with E-state index >= 15 is 0 Å². The zero-order valence-electron chi connectivity index (χ0n) is 20.6. The van der Waals surface area contributed by atoms with Gasteiger partial charge in [-0.05, 0) is 43.7 Å². The highest BCUT2D eigenvalue weighted by Crippen LogP contribution is 2.34. The lowest BCUT2D eigenvalue weighted by atomic mass is 10.1. The Morgan fingerprint density at radius 2 is 1.84 bits per heavy atom. The number of Topliss-reactive ketones (excluding diaryl/α,β-unsaturated/α-hetero) is 1. The quantitative estimate of drug-likeness (QED) is 0.231. The highest BCUT2D eigenvalue weighted by atomic mass is 32.1. The van der Waals surface area contributed by atoms with Gasteiger partial charge in [-0.2, -0.15) is 5.10 Å². The first-order valence-corrected chi connectivity index (χ1v) is 12.9. The fourth-order valence-corrected chi connectivity index (χ4v) is 5.13. The van der Waals surface area contributed by atoms with Crippen molar-refractivity contribution < 1.29 is 9.59 Å². The third-order valence-electron chi connectivity index (χ3n) is 6.04. The summed E-state index contributed by atoms with van der Waals surface area (Å²) in [6, 6.07) is 9.37. The second-order valence-electron chi connectivity index (χ2n) is 8.81. The van der Waals surface area contributed by atoms with Crippen molar-refractivity contribution in [2.24, 2.45) is 0 Å². The van der Waals surface area contributed by atoms with Crippen molar-refractivity contribution in [3.63, 3.8) is 0 Å². The summed E-state index contributed by atoms with van der Waals surface area (Å²) in [6.45, 7) is 3.52. The van der Waals surface area contributed by atoms with Crippen LogP contribution >= 0.6 is 11.3 Å². The van der Waals surface area contributed by atoms with Crippen LogP contribution in [0.15, 0.2) is 55.1 Å². The molecular weight excluding hydrogens is 500 g/mol. The molecule has 0 spiro atoms. The normalized spacial score (nSPS) is 11.3. The molecule has 6 aromatic rings. The highest BCUT2D eigenvalue weighted by Gasteiger charge is 2.18. The predicted molar refractivity (Wildman–Crippen MR) is 147 cm³/mol. The predicted octanol–water partition coefficient (Wildman–Crippen LogP) is 5.63. The number of thiophene rings is 1. The van der Waals surface area contributed by atoms with Crippen LogP contribution in [-0.2, 0) is 4.79 Å². The van der Waals surface area contributed by atoms with E-state index in [-0.39, 0.29) is 11.7 Å². The highest BCUT2D eigenvalue weighted by molar-refractivity contribution is 7.17. The Hall–Kier alpha value is -4.77. The number of nitrogens with zero attached hydrogens (tertiary/aromatic N) is 5. The second-order valence-corrected chi connectivity index (χ2v) is 9.90. The second kappa shape index (κ2) is 9.60. The fourth-order valence-electron chi connectivity index (χ4n) is 4.22. The number of aromatic nitrogens is 7. The third kappa shape index (κ3) is 4.33. The number of pyridine rings is 3. The molecule has 0 radical (unpaired) electrons. The van der Waals surface area contributed by atoms with E-state index in [1.807, 2.05) is 37.3 Å². The van der Waals surface area contributed by atoms with E-state index in [0.29, 0.717) is 39.7 Å². The minimum Gasteiger partial charge on any atom is -0.335 e. The molecule has 1 amide bonds. The van der Waals surface area contributed by atoms with Crippen molar-refractivity contribution >= 4 is 50.8 Å². The number of aromatic amines is 2. The smallest absolute Gasteiger partial charge is 0.224 e. The van der Waals surface area contributed by atoms with Gasteiger partial charge < -0.3 is 10.3 Å². The van der Waals surface area contributed by atoms with E-state index < -0.39 is 0 Å². The molecule has 0 aliphatic carbocycles. The lowest BCUT2D eigenvalue weighted by Crippen LogP contribution is -2.10. The molecule has 0 fully saturated rings. The molecule has 38 heavy (non-hydrogen) atoms. The average molecular weight is 523 g/mol. The average Bonchev–Trinajstić information content (AvgIpc) is 3.66. The standard InChI is InChI=1S/C27H22N8O2S/c1-3-4-23(37)30-16-9-15(10-28-11-16)18-5-6-19-25(31-18)26(35-34-19)27-32-20-13-29-12-17(24(20)33-27)22-8-7-21(38-22)14(2)36/h5-13H,3-4H2,1-2H3,(H,30,37)(H,32,33)(H,34,35). The van der Waals surface area contributed by atoms with Crippen LogP contribution in [0.5, 0.6) is 0 Å². The van der Waals surface area contributed by atoms with Crippen LogP contribution in [0, 0.1) is 0 Å². The van der Waals surface area contributed by atoms with E-state index in [9.17, 15) is 9.59 Å². The SMILES string of the molecule is CCCC(=O)Nc1cncc(-c2ccc3[nH]nc(-c4nc5c(-c6ccc(C(C)=O)s6)cncc5[nH]4)c3n2)c1. The Bertz CT molecular complexity index is 1830. The molecule has 10 nitrogen and oxygen atoms in total. The summed E-state index contributed by atoms with van der Waals surface area (Å²) >= 11 is 1.42. The van der Waals surface area contributed by atoms with E-state index in [2.05, 4.69) is 30.5 Å². The fraction of sp³-hybridized carbons (Fsp3) is 0.148. The topological polar surface area (TPSA) is 142 Å². The van der Waals surface area contributed by atoms with Crippen LogP contribution in [0.3, 0.4) is 0 Å². The van der Waals surface area contributed by atoms with E-state index in [1.54, 1.807) is 31.7 Å². The summed E-state index contributed by atoms with van der Waals surface area (Å²) in [5, 5.41) is 10.4. The number of imidazole rings is 1. The van der Waals surface area contributed by atoms with Gasteiger partial charge in [-0.3, -0.25) is 24.7 Å². The number of rotatable bonds is 7. The van der Waals surface area contributed by atoms with Crippen LogP contribution in [0.4, 0.5) is 5.69 Å². The summed E-state index contributed by atoms with van der Waals surface area (Å²) in [5.41, 5.74) is 6.37. The number of hydrogen-bond acceptors (Lipinski definition) is 8. The summed E-state index contributed by atoms with van der Waals surface area (Å²) in [5.74, 6) is 0.524. The largest absolute Gasteiger partial charge is 0.335 e. The van der Waals surface area contributed by atoms with Crippen LogP contribution in [0.2, 0.25) is 0 Å². The van der Waals surface area contributed by atoms with Gasteiger partial charge in [0.1, 0.15) is 11.0 Å². The number of carbonyl (C=O) groups excluding carboxylic acids is 2. The lowest BCUT2D eigenvalue weighted by molar-refractivity contribution is -0.116. The van der Waals surface area contributed by atoms with Gasteiger partial charge in [-0.25, -0.2) is 9.97 Å². The molecule has 0 aliphatic rings. The Kier molecular flexibility index (Phi) is 5.97. The maximum absolute atomic E-state index is 12.0. The van der Waals surface area contributed by atoms with Gasteiger partial charge in [0.15, 0.2) is 17.3 Å². The Balaban J connectivity index is 1.39. The minimum absolute atomic E-state index is 0.0260. The maximum atomic E-state index is 12.0. The van der Waals surface area contributed by atoms with Gasteiger partial charge in [0.05, 0.1) is 39.7 Å². The monoisotopic (exact) mass is 522 g/mol. The van der Waals surface area contributed by atoms with E-state index in [0.717, 1.165) is 39.0 Å². The van der Waals surface area contributed by atoms with E-state index in [1.165, 1.54) is 11.3 Å². The number of hydrogen-bond donors (Lipinski definition) is 3. The molecule has 3 N–H and O–H groups in total. The first-order valence-electron chi connectivity index (χ1n) is 12.1. The molecule has 0 saturated carbocycles. The molecule has 0 aliphatic heterocycles. The van der Waals surface area contributed by atoms with Gasteiger partial charge in [-0.1, -0.05) is 6.92 Å². The Morgan fingerprint density at radius 1 is 0.974 bits per heavy atom. The Morgan fingerprint density at radius 3 is 2.66 bits per heavy atom. The van der Waals surface area contributed by atoms with Crippen LogP contribution in [0.1, 0.15) is 36.4 Å². The molecule has 6 heterocycles. The van der Waals surface area contributed by atoms with Crippen molar-refractivity contribution in [1.82, 2.24) is 35.1 Å². The van der Waals surface area contributed by atoms with E-state index in [4.69, 9.17) is 9.97 Å². The first-order chi connectivity index (χ1) is 18.5. The number of H-pyrrole nitrogens is 2. The van der Waals surface area contributed by atoms with Crippen LogP contribution in [-0.4, -0.2) is 46.8 Å². The summed E-state index contributed by atoms with van der Waals surface area (Å²) in [4.78, 5) is 47.1. The van der Waals surface area contributed by atoms with Gasteiger partial charge in [0.25, 0.3) is 0 Å². The molecule has 0 unspecified atom stereocenters. The van der Waals surface area contributed by atoms with Gasteiger partial charge in [0.2, 0.25) is 5.91 Å². The maximum Gasteiger partial charge on any atom is 0.224 e. The molecule has 6 rings (SSSR count).